The largest absolute Gasteiger partial charge is 0.373 e. The summed E-state index contributed by atoms with van der Waals surface area (Å²) < 4.78 is 0. The summed E-state index contributed by atoms with van der Waals surface area (Å²) in [7, 11) is 1.84. The summed E-state index contributed by atoms with van der Waals surface area (Å²) in [5, 5.41) is 12.4. The minimum Gasteiger partial charge on any atom is -0.373 e. The summed E-state index contributed by atoms with van der Waals surface area (Å²) in [5.41, 5.74) is 1.64. The summed E-state index contributed by atoms with van der Waals surface area (Å²) in [5.74, 6) is 0.816. The van der Waals surface area contributed by atoms with Gasteiger partial charge in [0, 0.05) is 19.5 Å². The van der Waals surface area contributed by atoms with Crippen LogP contribution in [0.15, 0.2) is 36.1 Å². The highest BCUT2D eigenvalue weighted by Gasteiger charge is 1.96. The number of pyridine rings is 1. The molecule has 3 heteroatoms. The average molecular weight is 241 g/mol. The molecule has 0 radical (unpaired) electrons. The standard InChI is InChI=1S/C15H19N3/c1-5-12(9-16)11(3)7-14-8-15(17-4)18-10-13(14)6-2/h5-10,16-17H,3H2,1-2,4H3/b12-5+,13-6-,14-7-,16-9?. The lowest BCUT2D eigenvalue weighted by Crippen LogP contribution is -2.25. The van der Waals surface area contributed by atoms with Gasteiger partial charge in [-0.1, -0.05) is 18.7 Å². The Labute approximate surface area is 108 Å². The van der Waals surface area contributed by atoms with E-state index in [0.29, 0.717) is 0 Å². The summed E-state index contributed by atoms with van der Waals surface area (Å²) >= 11 is 0. The second-order valence-corrected chi connectivity index (χ2v) is 3.80. The van der Waals surface area contributed by atoms with Gasteiger partial charge >= 0.3 is 0 Å². The molecule has 1 rings (SSSR count). The molecule has 0 fully saturated rings. The van der Waals surface area contributed by atoms with Crippen molar-refractivity contribution in [1.82, 2.24) is 4.98 Å². The Morgan fingerprint density at radius 2 is 2.11 bits per heavy atom. The molecule has 0 aliphatic carbocycles. The first-order chi connectivity index (χ1) is 8.65. The van der Waals surface area contributed by atoms with Crippen LogP contribution in [0.4, 0.5) is 5.82 Å². The molecule has 0 atom stereocenters. The predicted octanol–water partition coefficient (Wildman–Crippen LogP) is 1.86. The van der Waals surface area contributed by atoms with Crippen molar-refractivity contribution in [3.63, 3.8) is 0 Å². The average Bonchev–Trinajstić information content (AvgIpc) is 2.40. The third-order valence-corrected chi connectivity index (χ3v) is 2.70. The van der Waals surface area contributed by atoms with E-state index in [9.17, 15) is 0 Å². The van der Waals surface area contributed by atoms with Gasteiger partial charge in [-0.25, -0.2) is 4.98 Å². The zero-order chi connectivity index (χ0) is 13.5. The third kappa shape index (κ3) is 3.17. The molecule has 0 amide bonds. The van der Waals surface area contributed by atoms with Gasteiger partial charge in [0.2, 0.25) is 0 Å². The molecule has 0 unspecified atom stereocenters. The molecule has 0 saturated carbocycles. The molecule has 0 aliphatic rings. The maximum absolute atomic E-state index is 7.33. The van der Waals surface area contributed by atoms with Gasteiger partial charge in [-0.15, -0.1) is 0 Å². The first-order valence-electron chi connectivity index (χ1n) is 5.84. The maximum atomic E-state index is 7.33. The van der Waals surface area contributed by atoms with E-state index in [-0.39, 0.29) is 0 Å². The molecule has 1 aromatic rings. The van der Waals surface area contributed by atoms with Gasteiger partial charge in [-0.2, -0.15) is 0 Å². The van der Waals surface area contributed by atoms with Crippen molar-refractivity contribution in [3.8, 4) is 0 Å². The molecular weight excluding hydrogens is 222 g/mol. The normalized spacial score (nSPS) is 13.6. The molecule has 2 N–H and O–H groups in total. The fourth-order valence-electron chi connectivity index (χ4n) is 1.62. The van der Waals surface area contributed by atoms with Gasteiger partial charge in [-0.05, 0) is 47.6 Å². The van der Waals surface area contributed by atoms with Crippen LogP contribution in [0.1, 0.15) is 13.8 Å². The van der Waals surface area contributed by atoms with E-state index in [2.05, 4.69) is 16.9 Å². The molecule has 0 aliphatic heterocycles. The number of rotatable bonds is 4. The fraction of sp³-hybridized carbons (Fsp3) is 0.200. The van der Waals surface area contributed by atoms with Crippen LogP contribution >= 0.6 is 0 Å². The van der Waals surface area contributed by atoms with E-state index in [0.717, 1.165) is 27.4 Å². The van der Waals surface area contributed by atoms with Gasteiger partial charge < -0.3 is 10.7 Å². The topological polar surface area (TPSA) is 48.8 Å². The first-order valence-corrected chi connectivity index (χ1v) is 5.84. The Balaban J connectivity index is 3.40. The summed E-state index contributed by atoms with van der Waals surface area (Å²) in [4.78, 5) is 4.27. The van der Waals surface area contributed by atoms with Crippen molar-refractivity contribution in [2.75, 3.05) is 12.4 Å². The first kappa shape index (κ1) is 13.9. The molecule has 1 aromatic heterocycles. The molecule has 0 spiro atoms. The van der Waals surface area contributed by atoms with Crippen LogP contribution in [-0.4, -0.2) is 18.2 Å². The highest BCUT2D eigenvalue weighted by atomic mass is 14.9. The number of aromatic nitrogens is 1. The zero-order valence-electron chi connectivity index (χ0n) is 11.1. The highest BCUT2D eigenvalue weighted by Crippen LogP contribution is 2.05. The van der Waals surface area contributed by atoms with E-state index < -0.39 is 0 Å². The SMILES string of the molecule is C=C(/C=c1/cc(NC)nc/c1=C/C)/C(C=N)=C/C. The van der Waals surface area contributed by atoms with Crippen molar-refractivity contribution in [1.29, 1.82) is 5.41 Å². The summed E-state index contributed by atoms with van der Waals surface area (Å²) in [6.45, 7) is 7.87. The van der Waals surface area contributed by atoms with Crippen molar-refractivity contribution in [2.45, 2.75) is 13.8 Å². The lowest BCUT2D eigenvalue weighted by Gasteiger charge is -2.01. The van der Waals surface area contributed by atoms with Crippen LogP contribution in [0.5, 0.6) is 0 Å². The Hall–Kier alpha value is -2.16. The molecule has 0 bridgehead atoms. The fourth-order valence-corrected chi connectivity index (χ4v) is 1.62. The van der Waals surface area contributed by atoms with Crippen LogP contribution < -0.4 is 15.8 Å². The molecular formula is C15H19N3. The Kier molecular flexibility index (Phi) is 5.06. The Bertz CT molecular complexity index is 595. The minimum absolute atomic E-state index is 0.816. The van der Waals surface area contributed by atoms with E-state index in [4.69, 9.17) is 5.41 Å². The van der Waals surface area contributed by atoms with Gasteiger partial charge in [-0.3, -0.25) is 0 Å². The molecule has 1 heterocycles. The van der Waals surface area contributed by atoms with E-state index in [1.54, 1.807) is 0 Å². The molecule has 3 nitrogen and oxygen atoms in total. The molecule has 94 valence electrons. The van der Waals surface area contributed by atoms with Crippen molar-refractivity contribution in [3.05, 3.63) is 46.5 Å². The second-order valence-electron chi connectivity index (χ2n) is 3.80. The van der Waals surface area contributed by atoms with Crippen LogP contribution in [0, 0.1) is 5.41 Å². The molecule has 0 saturated heterocycles. The second kappa shape index (κ2) is 6.55. The van der Waals surface area contributed by atoms with Crippen molar-refractivity contribution in [2.24, 2.45) is 0 Å². The monoisotopic (exact) mass is 241 g/mol. The molecule has 0 aromatic carbocycles. The Morgan fingerprint density at radius 3 is 2.61 bits per heavy atom. The zero-order valence-corrected chi connectivity index (χ0v) is 11.1. The van der Waals surface area contributed by atoms with Crippen LogP contribution in [0.3, 0.4) is 0 Å². The predicted molar refractivity (Wildman–Crippen MR) is 79.3 cm³/mol. The van der Waals surface area contributed by atoms with Crippen LogP contribution in [-0.2, 0) is 0 Å². The van der Waals surface area contributed by atoms with Gasteiger partial charge in [0.25, 0.3) is 0 Å². The van der Waals surface area contributed by atoms with E-state index >= 15 is 0 Å². The minimum atomic E-state index is 0.816. The quantitative estimate of drug-likeness (QED) is 0.624. The van der Waals surface area contributed by atoms with Gasteiger partial charge in [0.05, 0.1) is 0 Å². The molecule has 18 heavy (non-hydrogen) atoms. The van der Waals surface area contributed by atoms with Crippen molar-refractivity contribution < 1.29 is 0 Å². The number of anilines is 1. The van der Waals surface area contributed by atoms with Gasteiger partial charge in [0.15, 0.2) is 0 Å². The third-order valence-electron chi connectivity index (χ3n) is 2.70. The maximum Gasteiger partial charge on any atom is 0.126 e. The van der Waals surface area contributed by atoms with Crippen molar-refractivity contribution >= 4 is 24.2 Å². The number of nitrogens with one attached hydrogen (secondary N) is 2. The number of nitrogens with zero attached hydrogens (tertiary/aromatic N) is 1. The smallest absolute Gasteiger partial charge is 0.126 e. The Morgan fingerprint density at radius 1 is 1.39 bits per heavy atom. The van der Waals surface area contributed by atoms with Crippen LogP contribution in [0.2, 0.25) is 0 Å². The lowest BCUT2D eigenvalue weighted by molar-refractivity contribution is 1.24. The lowest BCUT2D eigenvalue weighted by atomic mass is 10.1. The highest BCUT2D eigenvalue weighted by molar-refractivity contribution is 5.86. The van der Waals surface area contributed by atoms with Gasteiger partial charge in [0.1, 0.15) is 5.82 Å². The number of allylic oxidation sites excluding steroid dienone is 3. The van der Waals surface area contributed by atoms with E-state index in [1.165, 1.54) is 6.21 Å². The summed E-state index contributed by atoms with van der Waals surface area (Å²) in [6.07, 6.45) is 8.99. The van der Waals surface area contributed by atoms with Crippen LogP contribution in [0.25, 0.3) is 12.2 Å². The number of hydrogen-bond donors (Lipinski definition) is 2. The number of hydrogen-bond acceptors (Lipinski definition) is 3. The van der Waals surface area contributed by atoms with E-state index in [1.807, 2.05) is 51.4 Å². The summed E-state index contributed by atoms with van der Waals surface area (Å²) in [6, 6.07) is 1.97.